The van der Waals surface area contributed by atoms with Gasteiger partial charge in [-0.2, -0.15) is 0 Å². The standard InChI is InChI=1S/C53H48O7/c1-31-21-35-13-5-9-17-42(35)46(48-44-19-11-7-15-37(44)23-33(3)52(48)59-29-40-27-55-40)50(31)57-25-39(54)26-58-51-32(2)22-36-14-6-10-18-43(36)47(51)49-45-20-12-8-16-38(45)24-34(4)53(49)60-30-41-28-56-41/h5-24,39-41,54H,25-30H2,1-4H3. The maximum Gasteiger partial charge on any atom is 0.130 e. The normalized spacial score (nSPS) is 16.4. The number of epoxide rings is 2. The molecule has 2 heterocycles. The molecule has 0 bridgehead atoms. The van der Waals surface area contributed by atoms with Crippen molar-refractivity contribution in [1.29, 1.82) is 0 Å². The van der Waals surface area contributed by atoms with E-state index in [0.717, 1.165) is 99.1 Å². The zero-order valence-corrected chi connectivity index (χ0v) is 34.4. The van der Waals surface area contributed by atoms with Gasteiger partial charge in [-0.25, -0.2) is 0 Å². The Morgan fingerprint density at radius 2 is 0.717 bits per heavy atom. The third-order valence-electron chi connectivity index (χ3n) is 11.7. The lowest BCUT2D eigenvalue weighted by molar-refractivity contribution is 0.0627. The minimum Gasteiger partial charge on any atom is -0.490 e. The minimum atomic E-state index is -0.962. The molecule has 7 nitrogen and oxygen atoms in total. The fraction of sp³-hybridized carbons (Fsp3) is 0.245. The van der Waals surface area contributed by atoms with Crippen LogP contribution in [0.3, 0.4) is 0 Å². The molecule has 2 aliphatic heterocycles. The molecule has 2 saturated heterocycles. The van der Waals surface area contributed by atoms with Gasteiger partial charge < -0.3 is 33.5 Å². The predicted molar refractivity (Wildman–Crippen MR) is 240 cm³/mol. The van der Waals surface area contributed by atoms with Gasteiger partial charge >= 0.3 is 0 Å². The van der Waals surface area contributed by atoms with E-state index >= 15 is 0 Å². The third kappa shape index (κ3) is 7.27. The summed E-state index contributed by atoms with van der Waals surface area (Å²) in [4.78, 5) is 0. The number of hydrogen-bond donors (Lipinski definition) is 1. The van der Waals surface area contributed by atoms with Gasteiger partial charge in [0.2, 0.25) is 0 Å². The zero-order chi connectivity index (χ0) is 40.9. The molecule has 2 fully saturated rings. The third-order valence-corrected chi connectivity index (χ3v) is 11.7. The molecule has 60 heavy (non-hydrogen) atoms. The van der Waals surface area contributed by atoms with Crippen molar-refractivity contribution in [3.8, 4) is 45.3 Å². The SMILES string of the molecule is Cc1cc2ccccc2c(-c2c(OCC3CO3)c(C)cc3ccccc23)c1OCC(O)COc1c(C)cc2ccccc2c1-c1c(OCC2CO2)c(C)cc2ccccc12. The van der Waals surface area contributed by atoms with Gasteiger partial charge in [-0.15, -0.1) is 0 Å². The summed E-state index contributed by atoms with van der Waals surface area (Å²) >= 11 is 0. The number of benzene rings is 8. The second kappa shape index (κ2) is 15.8. The van der Waals surface area contributed by atoms with E-state index in [0.29, 0.717) is 37.9 Å². The predicted octanol–water partition coefficient (Wildman–Crippen LogP) is 11.2. The summed E-state index contributed by atoms with van der Waals surface area (Å²) in [6.07, 6.45) is -0.773. The average molecular weight is 797 g/mol. The highest BCUT2D eigenvalue weighted by molar-refractivity contribution is 6.12. The van der Waals surface area contributed by atoms with E-state index in [2.05, 4.69) is 149 Å². The lowest BCUT2D eigenvalue weighted by Gasteiger charge is -2.24. The molecule has 0 amide bonds. The second-order valence-electron chi connectivity index (χ2n) is 16.3. The lowest BCUT2D eigenvalue weighted by Crippen LogP contribution is -2.26. The van der Waals surface area contributed by atoms with Crippen LogP contribution in [0.25, 0.3) is 65.3 Å². The van der Waals surface area contributed by atoms with E-state index in [4.69, 9.17) is 28.4 Å². The lowest BCUT2D eigenvalue weighted by atomic mass is 9.89. The number of aryl methyl sites for hydroxylation is 4. The van der Waals surface area contributed by atoms with E-state index < -0.39 is 6.10 Å². The van der Waals surface area contributed by atoms with E-state index in [1.54, 1.807) is 0 Å². The van der Waals surface area contributed by atoms with Crippen LogP contribution in [0, 0.1) is 27.7 Å². The van der Waals surface area contributed by atoms with E-state index in [-0.39, 0.29) is 25.4 Å². The first-order valence-electron chi connectivity index (χ1n) is 20.8. The largest absolute Gasteiger partial charge is 0.490 e. The Bertz CT molecular complexity index is 2730. The van der Waals surface area contributed by atoms with Crippen molar-refractivity contribution in [2.75, 3.05) is 39.6 Å². The number of hydrogen-bond acceptors (Lipinski definition) is 7. The topological polar surface area (TPSA) is 82.2 Å². The van der Waals surface area contributed by atoms with Gasteiger partial charge in [-0.3, -0.25) is 0 Å². The van der Waals surface area contributed by atoms with Crippen molar-refractivity contribution in [1.82, 2.24) is 0 Å². The van der Waals surface area contributed by atoms with Crippen molar-refractivity contribution in [2.45, 2.75) is 46.0 Å². The first-order valence-corrected chi connectivity index (χ1v) is 20.8. The smallest absolute Gasteiger partial charge is 0.130 e. The van der Waals surface area contributed by atoms with Crippen LogP contribution in [0.5, 0.6) is 23.0 Å². The monoisotopic (exact) mass is 796 g/mol. The maximum absolute atomic E-state index is 11.8. The van der Waals surface area contributed by atoms with Crippen LogP contribution < -0.4 is 18.9 Å². The molecule has 0 saturated carbocycles. The molecule has 0 aliphatic carbocycles. The molecule has 7 heteroatoms. The van der Waals surface area contributed by atoms with Crippen molar-refractivity contribution in [2.24, 2.45) is 0 Å². The summed E-state index contributed by atoms with van der Waals surface area (Å²) in [7, 11) is 0. The van der Waals surface area contributed by atoms with Crippen molar-refractivity contribution < 1.29 is 33.5 Å². The second-order valence-corrected chi connectivity index (χ2v) is 16.3. The highest BCUT2D eigenvalue weighted by Gasteiger charge is 2.29. The summed E-state index contributed by atoms with van der Waals surface area (Å²) < 4.78 is 37.9. The first-order chi connectivity index (χ1) is 29.3. The Kier molecular flexibility index (Phi) is 10.0. The Balaban J connectivity index is 1.03. The van der Waals surface area contributed by atoms with Gasteiger partial charge in [0.05, 0.1) is 13.2 Å². The Hall–Kier alpha value is -6.12. The summed E-state index contributed by atoms with van der Waals surface area (Å²) in [5, 5.41) is 20.5. The van der Waals surface area contributed by atoms with Gasteiger partial charge in [-0.1, -0.05) is 97.1 Å². The summed E-state index contributed by atoms with van der Waals surface area (Å²) in [6.45, 7) is 10.7. The molecule has 10 rings (SSSR count). The van der Waals surface area contributed by atoms with Gasteiger partial charge in [0.1, 0.15) is 67.7 Å². The molecule has 302 valence electrons. The fourth-order valence-corrected chi connectivity index (χ4v) is 8.70. The molecule has 8 aromatic rings. The molecule has 0 radical (unpaired) electrons. The zero-order valence-electron chi connectivity index (χ0n) is 34.4. The molecule has 2 unspecified atom stereocenters. The van der Waals surface area contributed by atoms with Gasteiger partial charge in [0, 0.05) is 22.3 Å². The van der Waals surface area contributed by atoms with Crippen LogP contribution in [0.2, 0.25) is 0 Å². The summed E-state index contributed by atoms with van der Waals surface area (Å²) in [5.41, 5.74) is 7.81. The maximum atomic E-state index is 11.8. The number of aliphatic hydroxyl groups excluding tert-OH is 1. The molecule has 2 atom stereocenters. The van der Waals surface area contributed by atoms with Crippen molar-refractivity contribution >= 4 is 43.1 Å². The molecular formula is C53H48O7. The van der Waals surface area contributed by atoms with Crippen molar-refractivity contribution in [3.05, 3.63) is 144 Å². The average Bonchev–Trinajstić information content (AvgIpc) is 4.20. The van der Waals surface area contributed by atoms with Crippen LogP contribution in [-0.4, -0.2) is 63.1 Å². The van der Waals surface area contributed by atoms with Gasteiger partial charge in [-0.05, 0) is 117 Å². The van der Waals surface area contributed by atoms with Crippen LogP contribution in [0.15, 0.2) is 121 Å². The van der Waals surface area contributed by atoms with Gasteiger partial charge in [0.25, 0.3) is 0 Å². The first kappa shape index (κ1) is 38.1. The van der Waals surface area contributed by atoms with Crippen LogP contribution in [0.4, 0.5) is 0 Å². The van der Waals surface area contributed by atoms with E-state index in [1.807, 2.05) is 0 Å². The Morgan fingerprint density at radius 1 is 0.450 bits per heavy atom. The number of ether oxygens (including phenoxy) is 6. The highest BCUT2D eigenvalue weighted by Crippen LogP contribution is 2.50. The fourth-order valence-electron chi connectivity index (χ4n) is 8.70. The molecule has 8 aromatic carbocycles. The van der Waals surface area contributed by atoms with Crippen molar-refractivity contribution in [3.63, 3.8) is 0 Å². The number of rotatable bonds is 14. The van der Waals surface area contributed by atoms with Crippen LogP contribution in [0.1, 0.15) is 22.3 Å². The summed E-state index contributed by atoms with van der Waals surface area (Å²) in [5.74, 6) is 3.02. The molecule has 0 spiro atoms. The molecular weight excluding hydrogens is 749 g/mol. The molecule has 2 aliphatic rings. The van der Waals surface area contributed by atoms with Crippen LogP contribution >= 0.6 is 0 Å². The van der Waals surface area contributed by atoms with E-state index in [1.165, 1.54) is 0 Å². The van der Waals surface area contributed by atoms with Gasteiger partial charge in [0.15, 0.2) is 0 Å². The molecule has 1 N–H and O–H groups in total. The number of aliphatic hydroxyl groups is 1. The summed E-state index contributed by atoms with van der Waals surface area (Å²) in [6, 6.07) is 42.2. The van der Waals surface area contributed by atoms with E-state index in [9.17, 15) is 5.11 Å². The quantitative estimate of drug-likeness (QED) is 0.110. The van der Waals surface area contributed by atoms with Crippen LogP contribution in [-0.2, 0) is 9.47 Å². The minimum absolute atomic E-state index is 0.00706. The Labute approximate surface area is 350 Å². The highest BCUT2D eigenvalue weighted by atomic mass is 16.6. The number of fused-ring (bicyclic) bond motifs is 4. The molecule has 0 aromatic heterocycles. The Morgan fingerprint density at radius 3 is 1.00 bits per heavy atom.